The zero-order valence-electron chi connectivity index (χ0n) is 16.2. The van der Waals surface area contributed by atoms with Gasteiger partial charge in [0.15, 0.2) is 0 Å². The Morgan fingerprint density at radius 1 is 1.00 bits per heavy atom. The molecule has 0 spiro atoms. The second-order valence-corrected chi connectivity index (χ2v) is 6.78. The van der Waals surface area contributed by atoms with E-state index in [1.165, 1.54) is 17.3 Å². The minimum Gasteiger partial charge on any atom is -0.318 e. The van der Waals surface area contributed by atoms with E-state index >= 15 is 0 Å². The van der Waals surface area contributed by atoms with Crippen molar-refractivity contribution in [2.75, 3.05) is 5.32 Å². The summed E-state index contributed by atoms with van der Waals surface area (Å²) in [6.45, 7) is 6.40. The number of nitrogens with one attached hydrogen (secondary N) is 2. The highest BCUT2D eigenvalue weighted by Gasteiger charge is 2.12. The third-order valence-corrected chi connectivity index (χ3v) is 4.22. The molecule has 0 saturated carbocycles. The van der Waals surface area contributed by atoms with Gasteiger partial charge in [-0.15, -0.1) is 0 Å². The summed E-state index contributed by atoms with van der Waals surface area (Å²) in [7, 11) is 0. The Morgan fingerprint density at radius 2 is 1.67 bits per heavy atom. The largest absolute Gasteiger partial charge is 0.329 e. The van der Waals surface area contributed by atoms with Crippen LogP contribution in [0.4, 0.5) is 5.69 Å². The fourth-order valence-corrected chi connectivity index (χ4v) is 2.51. The summed E-state index contributed by atoms with van der Waals surface area (Å²) in [4.78, 5) is 23.8. The van der Waals surface area contributed by atoms with Crippen LogP contribution in [0, 0.1) is 0 Å². The lowest BCUT2D eigenvalue weighted by molar-refractivity contribution is -0.136. The quantitative estimate of drug-likeness (QED) is 0.438. The molecular weight excluding hydrogens is 338 g/mol. The molecule has 2 rings (SSSR count). The smallest absolute Gasteiger partial charge is 0.318 e. The highest BCUT2D eigenvalue weighted by atomic mass is 16.2. The number of carbonyl (C=O) groups is 2. The molecule has 0 atom stereocenters. The molecule has 2 N–H and O–H groups in total. The molecule has 0 aliphatic rings. The van der Waals surface area contributed by atoms with Crippen molar-refractivity contribution >= 4 is 23.7 Å². The number of hydrogen-bond donors (Lipinski definition) is 2. The predicted octanol–water partition coefficient (Wildman–Crippen LogP) is 4.24. The van der Waals surface area contributed by atoms with Crippen LogP contribution in [0.2, 0.25) is 0 Å². The molecule has 0 radical (unpaired) electrons. The summed E-state index contributed by atoms with van der Waals surface area (Å²) in [6.07, 6.45) is 4.79. The Kier molecular flexibility index (Phi) is 7.74. The van der Waals surface area contributed by atoms with Gasteiger partial charge in [0.1, 0.15) is 0 Å². The summed E-state index contributed by atoms with van der Waals surface area (Å²) < 4.78 is 0. The van der Waals surface area contributed by atoms with Crippen LogP contribution in [-0.2, 0) is 16.0 Å². The molecule has 27 heavy (non-hydrogen) atoms. The number of anilines is 1. The second-order valence-electron chi connectivity index (χ2n) is 6.78. The lowest BCUT2D eigenvalue weighted by Gasteiger charge is -2.06. The number of hydrazone groups is 1. The lowest BCUT2D eigenvalue weighted by atomic mass is 10.0. The van der Waals surface area contributed by atoms with Gasteiger partial charge >= 0.3 is 11.8 Å². The Balaban J connectivity index is 1.83. The van der Waals surface area contributed by atoms with E-state index in [2.05, 4.69) is 36.6 Å². The van der Waals surface area contributed by atoms with E-state index in [1.54, 1.807) is 12.1 Å². The zero-order chi connectivity index (χ0) is 19.6. The fourth-order valence-electron chi connectivity index (χ4n) is 2.51. The molecule has 0 fully saturated rings. The van der Waals surface area contributed by atoms with Crippen molar-refractivity contribution < 1.29 is 9.59 Å². The van der Waals surface area contributed by atoms with Crippen molar-refractivity contribution in [3.63, 3.8) is 0 Å². The Labute approximate surface area is 160 Å². The summed E-state index contributed by atoms with van der Waals surface area (Å²) in [5.74, 6) is -1.09. The van der Waals surface area contributed by atoms with Crippen LogP contribution >= 0.6 is 0 Å². The van der Waals surface area contributed by atoms with E-state index in [0.717, 1.165) is 24.8 Å². The van der Waals surface area contributed by atoms with E-state index in [0.29, 0.717) is 11.6 Å². The van der Waals surface area contributed by atoms with E-state index in [1.807, 2.05) is 36.4 Å². The average molecular weight is 365 g/mol. The fraction of sp³-hybridized carbons (Fsp3) is 0.318. The number of hydrogen-bond acceptors (Lipinski definition) is 3. The molecule has 0 unspecified atom stereocenters. The van der Waals surface area contributed by atoms with E-state index in [-0.39, 0.29) is 0 Å². The van der Waals surface area contributed by atoms with Gasteiger partial charge in [0.2, 0.25) is 0 Å². The van der Waals surface area contributed by atoms with Gasteiger partial charge in [-0.25, -0.2) is 5.43 Å². The number of unbranched alkanes of at least 4 members (excludes halogenated alkanes) is 1. The maximum absolute atomic E-state index is 11.9. The molecule has 142 valence electrons. The van der Waals surface area contributed by atoms with Gasteiger partial charge in [0.25, 0.3) is 0 Å². The molecule has 5 heteroatoms. The second kappa shape index (κ2) is 10.3. The average Bonchev–Trinajstić information content (AvgIpc) is 2.67. The number of aryl methyl sites for hydroxylation is 1. The summed E-state index contributed by atoms with van der Waals surface area (Å²) in [6, 6.07) is 15.4. The first-order valence-corrected chi connectivity index (χ1v) is 9.33. The van der Waals surface area contributed by atoms with Crippen molar-refractivity contribution in [3.05, 3.63) is 65.2 Å². The molecule has 2 aromatic carbocycles. The lowest BCUT2D eigenvalue weighted by Crippen LogP contribution is -2.32. The molecule has 2 aromatic rings. The molecule has 0 heterocycles. The van der Waals surface area contributed by atoms with Crippen molar-refractivity contribution in [2.45, 2.75) is 46.0 Å². The van der Waals surface area contributed by atoms with E-state index in [9.17, 15) is 9.59 Å². The van der Waals surface area contributed by atoms with Gasteiger partial charge in [0.05, 0.1) is 6.21 Å². The van der Waals surface area contributed by atoms with Crippen molar-refractivity contribution in [1.29, 1.82) is 0 Å². The topological polar surface area (TPSA) is 70.6 Å². The van der Waals surface area contributed by atoms with Crippen molar-refractivity contribution in [3.8, 4) is 0 Å². The maximum Gasteiger partial charge on any atom is 0.329 e. The first kappa shape index (κ1) is 20.4. The molecule has 0 aliphatic heterocycles. The maximum atomic E-state index is 11.9. The van der Waals surface area contributed by atoms with Crippen LogP contribution in [0.25, 0.3) is 0 Å². The normalized spacial score (nSPS) is 11.0. The van der Waals surface area contributed by atoms with Gasteiger partial charge in [-0.2, -0.15) is 5.10 Å². The van der Waals surface area contributed by atoms with Crippen LogP contribution < -0.4 is 10.7 Å². The molecule has 5 nitrogen and oxygen atoms in total. The Hall–Kier alpha value is -2.95. The minimum absolute atomic E-state index is 0.458. The molecule has 0 aromatic heterocycles. The van der Waals surface area contributed by atoms with E-state index < -0.39 is 11.8 Å². The number of amides is 2. The number of rotatable bonds is 7. The van der Waals surface area contributed by atoms with Gasteiger partial charge in [0, 0.05) is 5.69 Å². The summed E-state index contributed by atoms with van der Waals surface area (Å²) >= 11 is 0. The minimum atomic E-state index is -0.805. The zero-order valence-corrected chi connectivity index (χ0v) is 16.2. The molecule has 0 aliphatic carbocycles. The molecule has 0 saturated heterocycles. The summed E-state index contributed by atoms with van der Waals surface area (Å²) in [5, 5.41) is 6.41. The summed E-state index contributed by atoms with van der Waals surface area (Å²) in [5.41, 5.74) is 6.13. The predicted molar refractivity (Wildman–Crippen MR) is 110 cm³/mol. The third-order valence-electron chi connectivity index (χ3n) is 4.22. The van der Waals surface area contributed by atoms with Gasteiger partial charge in [-0.3, -0.25) is 9.59 Å². The van der Waals surface area contributed by atoms with Gasteiger partial charge in [-0.1, -0.05) is 63.6 Å². The van der Waals surface area contributed by atoms with Crippen LogP contribution in [0.5, 0.6) is 0 Å². The van der Waals surface area contributed by atoms with Crippen LogP contribution in [0.1, 0.15) is 56.2 Å². The van der Waals surface area contributed by atoms with Gasteiger partial charge < -0.3 is 5.32 Å². The first-order chi connectivity index (χ1) is 13.0. The van der Waals surface area contributed by atoms with Crippen molar-refractivity contribution in [1.82, 2.24) is 5.43 Å². The Bertz CT molecular complexity index is 778. The number of carbonyl (C=O) groups excluding carboxylic acids is 2. The molecule has 2 amide bonds. The standard InChI is InChI=1S/C22H27N3O2/c1-4-5-6-17-9-13-20(14-10-17)24-21(26)22(27)25-23-15-18-7-11-19(12-8-18)16(2)3/h7-16H,4-6H2,1-3H3,(H,24,26)(H,25,27). The SMILES string of the molecule is CCCCc1ccc(NC(=O)C(=O)NN=Cc2ccc(C(C)C)cc2)cc1. The highest BCUT2D eigenvalue weighted by molar-refractivity contribution is 6.39. The van der Waals surface area contributed by atoms with Crippen LogP contribution in [0.3, 0.4) is 0 Å². The Morgan fingerprint density at radius 3 is 2.26 bits per heavy atom. The monoisotopic (exact) mass is 365 g/mol. The first-order valence-electron chi connectivity index (χ1n) is 9.33. The number of nitrogens with zero attached hydrogens (tertiary/aromatic N) is 1. The molecule has 0 bridgehead atoms. The van der Waals surface area contributed by atoms with E-state index in [4.69, 9.17) is 0 Å². The number of benzene rings is 2. The molecular formula is C22H27N3O2. The highest BCUT2D eigenvalue weighted by Crippen LogP contribution is 2.14. The van der Waals surface area contributed by atoms with Crippen LogP contribution in [0.15, 0.2) is 53.6 Å². The third kappa shape index (κ3) is 6.70. The van der Waals surface area contributed by atoms with Crippen LogP contribution in [-0.4, -0.2) is 18.0 Å². The van der Waals surface area contributed by atoms with Gasteiger partial charge in [-0.05, 0) is 47.6 Å². The van der Waals surface area contributed by atoms with Crippen molar-refractivity contribution in [2.24, 2.45) is 5.10 Å².